The predicted octanol–water partition coefficient (Wildman–Crippen LogP) is 5.38. The number of nitrogens with zero attached hydrogens (tertiary/aromatic N) is 2. The first-order valence-corrected chi connectivity index (χ1v) is 14.5. The van der Waals surface area contributed by atoms with Crippen LogP contribution in [0.1, 0.15) is 64.4 Å². The maximum atomic E-state index is 13.8. The molecule has 1 heterocycles. The van der Waals surface area contributed by atoms with Crippen LogP contribution in [0.15, 0.2) is 83.3 Å². The molecule has 0 spiro atoms. The number of fused-ring (bicyclic) bond motifs is 1. The maximum absolute atomic E-state index is 13.8. The van der Waals surface area contributed by atoms with Gasteiger partial charge in [-0.1, -0.05) is 83.9 Å². The highest BCUT2D eigenvalue weighted by Crippen LogP contribution is 2.23. The minimum absolute atomic E-state index is 0.0922. The van der Waals surface area contributed by atoms with Gasteiger partial charge in [-0.15, -0.1) is 0 Å². The SMILES string of the molecule is CCCCNC(=O)[C@H](Cc1ccccc1)N(Cc1cccc(Br)c1)C(=O)CCCN1C(=O)c2ccccc2C1=O. The van der Waals surface area contributed by atoms with E-state index in [-0.39, 0.29) is 43.1 Å². The Morgan fingerprint density at radius 3 is 2.17 bits per heavy atom. The standard InChI is InChI=1S/C32H34BrN3O4/c1-2-3-18-34-30(38)28(21-23-11-5-4-6-12-23)36(22-24-13-9-14-25(33)20-24)29(37)17-10-19-35-31(39)26-15-7-8-16-27(26)32(35)40/h4-9,11-16,20,28H,2-3,10,17-19,21-22H2,1H3,(H,34,38)/t28-/m0/s1. The van der Waals surface area contributed by atoms with E-state index in [1.807, 2.05) is 54.6 Å². The maximum Gasteiger partial charge on any atom is 0.261 e. The van der Waals surface area contributed by atoms with Crippen LogP contribution in [-0.4, -0.2) is 52.6 Å². The van der Waals surface area contributed by atoms with Crippen LogP contribution >= 0.6 is 15.9 Å². The zero-order valence-corrected chi connectivity index (χ0v) is 24.2. The van der Waals surface area contributed by atoms with Crippen LogP contribution < -0.4 is 5.32 Å². The molecule has 1 N–H and O–H groups in total. The third kappa shape index (κ3) is 7.24. The van der Waals surface area contributed by atoms with E-state index in [2.05, 4.69) is 28.2 Å². The molecule has 4 rings (SSSR count). The van der Waals surface area contributed by atoms with Gasteiger partial charge in [0, 0.05) is 36.9 Å². The van der Waals surface area contributed by atoms with Crippen LogP contribution in [0.2, 0.25) is 0 Å². The molecule has 8 heteroatoms. The molecule has 7 nitrogen and oxygen atoms in total. The van der Waals surface area contributed by atoms with Gasteiger partial charge in [0.05, 0.1) is 11.1 Å². The summed E-state index contributed by atoms with van der Waals surface area (Å²) >= 11 is 3.50. The first-order valence-electron chi connectivity index (χ1n) is 13.7. The molecular formula is C32H34BrN3O4. The number of nitrogens with one attached hydrogen (secondary N) is 1. The fourth-order valence-electron chi connectivity index (χ4n) is 4.87. The topological polar surface area (TPSA) is 86.8 Å². The van der Waals surface area contributed by atoms with Gasteiger partial charge in [-0.25, -0.2) is 0 Å². The van der Waals surface area contributed by atoms with E-state index in [1.54, 1.807) is 29.2 Å². The number of hydrogen-bond acceptors (Lipinski definition) is 4. The molecule has 208 valence electrons. The number of amides is 4. The number of unbranched alkanes of at least 4 members (excludes halogenated alkanes) is 1. The summed E-state index contributed by atoms with van der Waals surface area (Å²) in [6.07, 6.45) is 2.56. The number of carbonyl (C=O) groups is 4. The number of rotatable bonds is 13. The minimum Gasteiger partial charge on any atom is -0.354 e. The smallest absolute Gasteiger partial charge is 0.261 e. The molecule has 3 aromatic carbocycles. The minimum atomic E-state index is -0.718. The number of halogens is 1. The van der Waals surface area contributed by atoms with Crippen molar-refractivity contribution in [2.45, 2.75) is 51.6 Å². The van der Waals surface area contributed by atoms with Gasteiger partial charge in [-0.2, -0.15) is 0 Å². The van der Waals surface area contributed by atoms with E-state index in [1.165, 1.54) is 4.90 Å². The van der Waals surface area contributed by atoms with Gasteiger partial charge in [-0.3, -0.25) is 24.1 Å². The second kappa shape index (κ2) is 14.0. The molecule has 0 bridgehead atoms. The van der Waals surface area contributed by atoms with E-state index in [0.29, 0.717) is 30.5 Å². The van der Waals surface area contributed by atoms with Gasteiger partial charge >= 0.3 is 0 Å². The average molecular weight is 605 g/mol. The number of hydrogen-bond donors (Lipinski definition) is 1. The van der Waals surface area contributed by atoms with Gasteiger partial charge < -0.3 is 10.2 Å². The van der Waals surface area contributed by atoms with Crippen molar-refractivity contribution in [2.75, 3.05) is 13.1 Å². The van der Waals surface area contributed by atoms with Gasteiger partial charge in [0.1, 0.15) is 6.04 Å². The van der Waals surface area contributed by atoms with Crippen LogP contribution in [0.25, 0.3) is 0 Å². The third-order valence-electron chi connectivity index (χ3n) is 6.99. The van der Waals surface area contributed by atoms with E-state index >= 15 is 0 Å². The molecule has 1 aliphatic rings. The molecule has 0 aliphatic carbocycles. The monoisotopic (exact) mass is 603 g/mol. The second-order valence-corrected chi connectivity index (χ2v) is 10.8. The quantitative estimate of drug-likeness (QED) is 0.210. The fourth-order valence-corrected chi connectivity index (χ4v) is 5.31. The van der Waals surface area contributed by atoms with Crippen LogP contribution in [0.3, 0.4) is 0 Å². The summed E-state index contributed by atoms with van der Waals surface area (Å²) in [7, 11) is 0. The molecular weight excluding hydrogens is 570 g/mol. The molecule has 1 atom stereocenters. The molecule has 0 aromatic heterocycles. The van der Waals surface area contributed by atoms with Crippen molar-refractivity contribution in [3.63, 3.8) is 0 Å². The Balaban J connectivity index is 1.53. The van der Waals surface area contributed by atoms with Crippen LogP contribution in [0, 0.1) is 0 Å². The van der Waals surface area contributed by atoms with Crippen LogP contribution in [-0.2, 0) is 22.6 Å². The first kappa shape index (κ1) is 29.2. The number of benzene rings is 3. The Morgan fingerprint density at radius 1 is 0.875 bits per heavy atom. The molecule has 0 unspecified atom stereocenters. The predicted molar refractivity (Wildman–Crippen MR) is 158 cm³/mol. The van der Waals surface area contributed by atoms with Crippen LogP contribution in [0.4, 0.5) is 0 Å². The van der Waals surface area contributed by atoms with Crippen molar-refractivity contribution in [1.82, 2.24) is 15.1 Å². The summed E-state index contributed by atoms with van der Waals surface area (Å²) in [4.78, 5) is 55.7. The molecule has 0 radical (unpaired) electrons. The second-order valence-electron chi connectivity index (χ2n) is 9.91. The van der Waals surface area contributed by atoms with E-state index in [0.717, 1.165) is 28.4 Å². The fraction of sp³-hybridized carbons (Fsp3) is 0.312. The lowest BCUT2D eigenvalue weighted by Gasteiger charge is -2.32. The Bertz CT molecular complexity index is 1330. The third-order valence-corrected chi connectivity index (χ3v) is 7.49. The lowest BCUT2D eigenvalue weighted by atomic mass is 10.0. The molecule has 4 amide bonds. The van der Waals surface area contributed by atoms with Gasteiger partial charge in [0.2, 0.25) is 11.8 Å². The zero-order chi connectivity index (χ0) is 28.5. The Kier molecular flexibility index (Phi) is 10.2. The van der Waals surface area contributed by atoms with E-state index in [9.17, 15) is 19.2 Å². The molecule has 40 heavy (non-hydrogen) atoms. The van der Waals surface area contributed by atoms with E-state index < -0.39 is 6.04 Å². The summed E-state index contributed by atoms with van der Waals surface area (Å²) < 4.78 is 0.884. The molecule has 0 fully saturated rings. The normalized spacial score (nSPS) is 13.2. The number of imide groups is 1. The lowest BCUT2D eigenvalue weighted by molar-refractivity contribution is -0.141. The van der Waals surface area contributed by atoms with Gasteiger partial charge in [0.15, 0.2) is 0 Å². The summed E-state index contributed by atoms with van der Waals surface area (Å²) in [5.41, 5.74) is 2.63. The largest absolute Gasteiger partial charge is 0.354 e. The molecule has 3 aromatic rings. The highest BCUT2D eigenvalue weighted by Gasteiger charge is 2.35. The lowest BCUT2D eigenvalue weighted by Crippen LogP contribution is -2.50. The van der Waals surface area contributed by atoms with Crippen LogP contribution in [0.5, 0.6) is 0 Å². The summed E-state index contributed by atoms with van der Waals surface area (Å²) in [5, 5.41) is 3.02. The first-order chi connectivity index (χ1) is 19.4. The molecule has 0 saturated carbocycles. The van der Waals surface area contributed by atoms with Crippen molar-refractivity contribution >= 4 is 39.6 Å². The highest BCUT2D eigenvalue weighted by atomic mass is 79.9. The Hall–Kier alpha value is -3.78. The number of carbonyl (C=O) groups excluding carboxylic acids is 4. The molecule has 0 saturated heterocycles. The Labute approximate surface area is 243 Å². The van der Waals surface area contributed by atoms with Crippen molar-refractivity contribution < 1.29 is 19.2 Å². The molecule has 1 aliphatic heterocycles. The summed E-state index contributed by atoms with van der Waals surface area (Å²) in [5.74, 6) is -1.07. The highest BCUT2D eigenvalue weighted by molar-refractivity contribution is 9.10. The van der Waals surface area contributed by atoms with Gasteiger partial charge in [0.25, 0.3) is 11.8 Å². The van der Waals surface area contributed by atoms with Crippen molar-refractivity contribution in [2.24, 2.45) is 0 Å². The van der Waals surface area contributed by atoms with Crippen molar-refractivity contribution in [1.29, 1.82) is 0 Å². The average Bonchev–Trinajstić information content (AvgIpc) is 3.20. The van der Waals surface area contributed by atoms with Crippen molar-refractivity contribution in [3.8, 4) is 0 Å². The zero-order valence-electron chi connectivity index (χ0n) is 22.6. The van der Waals surface area contributed by atoms with Gasteiger partial charge in [-0.05, 0) is 48.2 Å². The van der Waals surface area contributed by atoms with E-state index in [4.69, 9.17) is 0 Å². The van der Waals surface area contributed by atoms with Crippen molar-refractivity contribution in [3.05, 3.63) is 106 Å². The Morgan fingerprint density at radius 2 is 1.52 bits per heavy atom. The summed E-state index contributed by atoms with van der Waals surface area (Å²) in [6, 6.07) is 23.4. The summed E-state index contributed by atoms with van der Waals surface area (Å²) in [6.45, 7) is 2.99.